The first kappa shape index (κ1) is 13.2. The van der Waals surface area contributed by atoms with Crippen LogP contribution in [0.4, 0.5) is 4.39 Å². The molecule has 2 aromatic rings. The first-order valence-electron chi connectivity index (χ1n) is 5.96. The summed E-state index contributed by atoms with van der Waals surface area (Å²) in [6.07, 6.45) is 1.74. The van der Waals surface area contributed by atoms with Crippen LogP contribution in [0.3, 0.4) is 0 Å². The van der Waals surface area contributed by atoms with E-state index in [2.05, 4.69) is 4.98 Å². The van der Waals surface area contributed by atoms with Gasteiger partial charge in [0, 0.05) is 24.8 Å². The number of pyridine rings is 1. The highest BCUT2D eigenvalue weighted by Gasteiger charge is 2.07. The van der Waals surface area contributed by atoms with Gasteiger partial charge in [0.1, 0.15) is 5.82 Å². The number of hydrogen-bond acceptors (Lipinski definition) is 3. The van der Waals surface area contributed by atoms with Gasteiger partial charge in [-0.3, -0.25) is 9.88 Å². The summed E-state index contributed by atoms with van der Waals surface area (Å²) in [5.41, 5.74) is 1.87. The summed E-state index contributed by atoms with van der Waals surface area (Å²) < 4.78 is 13.7. The summed E-state index contributed by atoms with van der Waals surface area (Å²) in [7, 11) is 1.91. The predicted octanol–water partition coefficient (Wildman–Crippen LogP) is 2.72. The van der Waals surface area contributed by atoms with Crippen molar-refractivity contribution in [1.29, 1.82) is 5.26 Å². The molecule has 0 aliphatic carbocycles. The smallest absolute Gasteiger partial charge is 0.129 e. The van der Waals surface area contributed by atoms with Crippen molar-refractivity contribution >= 4 is 0 Å². The summed E-state index contributed by atoms with van der Waals surface area (Å²) in [5, 5.41) is 8.69. The van der Waals surface area contributed by atoms with E-state index in [1.165, 1.54) is 6.07 Å². The Labute approximate surface area is 111 Å². The molecule has 19 heavy (non-hydrogen) atoms. The van der Waals surface area contributed by atoms with E-state index in [0.717, 1.165) is 5.69 Å². The topological polar surface area (TPSA) is 39.9 Å². The lowest BCUT2D eigenvalue weighted by Crippen LogP contribution is -2.18. The molecule has 0 bridgehead atoms. The van der Waals surface area contributed by atoms with Gasteiger partial charge in [-0.25, -0.2) is 4.39 Å². The van der Waals surface area contributed by atoms with Crippen LogP contribution in [-0.2, 0) is 13.1 Å². The third-order valence-electron chi connectivity index (χ3n) is 2.78. The molecule has 0 saturated heterocycles. The van der Waals surface area contributed by atoms with Crippen LogP contribution >= 0.6 is 0 Å². The summed E-state index contributed by atoms with van der Waals surface area (Å²) >= 11 is 0. The van der Waals surface area contributed by atoms with Crippen molar-refractivity contribution in [2.75, 3.05) is 7.05 Å². The quantitative estimate of drug-likeness (QED) is 0.843. The molecule has 0 aliphatic rings. The minimum Gasteiger partial charge on any atom is -0.296 e. The maximum Gasteiger partial charge on any atom is 0.129 e. The van der Waals surface area contributed by atoms with E-state index in [-0.39, 0.29) is 5.82 Å². The summed E-state index contributed by atoms with van der Waals surface area (Å²) in [6.45, 7) is 1.13. The van der Waals surface area contributed by atoms with Gasteiger partial charge in [0.15, 0.2) is 0 Å². The molecule has 0 atom stereocenters. The van der Waals surface area contributed by atoms with Crippen molar-refractivity contribution in [2.24, 2.45) is 0 Å². The number of nitriles is 1. The molecule has 0 saturated carbocycles. The van der Waals surface area contributed by atoms with Gasteiger partial charge in [0.05, 0.1) is 17.3 Å². The highest BCUT2D eigenvalue weighted by Crippen LogP contribution is 2.13. The first-order valence-corrected chi connectivity index (χ1v) is 5.96. The van der Waals surface area contributed by atoms with Crippen LogP contribution in [0.1, 0.15) is 16.8 Å². The predicted molar refractivity (Wildman–Crippen MR) is 70.5 cm³/mol. The number of aromatic nitrogens is 1. The van der Waals surface area contributed by atoms with Crippen molar-refractivity contribution < 1.29 is 4.39 Å². The Morgan fingerprint density at radius 3 is 2.74 bits per heavy atom. The van der Waals surface area contributed by atoms with Gasteiger partial charge in [-0.1, -0.05) is 12.1 Å². The zero-order valence-corrected chi connectivity index (χ0v) is 10.7. The molecule has 1 heterocycles. The standard InChI is InChI=1S/C15H14FN3/c1-19(11-14-4-2-3-7-18-14)10-13-6-5-12(9-17)8-15(13)16/h2-8H,10-11H2,1H3. The Hall–Kier alpha value is -2.25. The fraction of sp³-hybridized carbons (Fsp3) is 0.200. The molecule has 0 radical (unpaired) electrons. The second kappa shape index (κ2) is 6.07. The van der Waals surface area contributed by atoms with Gasteiger partial charge >= 0.3 is 0 Å². The number of rotatable bonds is 4. The van der Waals surface area contributed by atoms with Gasteiger partial charge < -0.3 is 0 Å². The summed E-state index contributed by atoms with van der Waals surface area (Å²) in [5.74, 6) is -0.341. The SMILES string of the molecule is CN(Cc1ccccn1)Cc1ccc(C#N)cc1F. The van der Waals surface area contributed by atoms with Crippen LogP contribution in [0.25, 0.3) is 0 Å². The normalized spacial score (nSPS) is 10.4. The average molecular weight is 255 g/mol. The van der Waals surface area contributed by atoms with Gasteiger partial charge in [-0.2, -0.15) is 5.26 Å². The van der Waals surface area contributed by atoms with Crippen LogP contribution in [0, 0.1) is 17.1 Å². The van der Waals surface area contributed by atoms with Crippen molar-refractivity contribution in [3.05, 3.63) is 65.2 Å². The first-order chi connectivity index (χ1) is 9.19. The van der Waals surface area contributed by atoms with Crippen LogP contribution < -0.4 is 0 Å². The minimum atomic E-state index is -0.341. The van der Waals surface area contributed by atoms with E-state index >= 15 is 0 Å². The van der Waals surface area contributed by atoms with E-state index in [1.807, 2.05) is 36.2 Å². The fourth-order valence-corrected chi connectivity index (χ4v) is 1.86. The molecule has 0 spiro atoms. The molecule has 4 heteroatoms. The van der Waals surface area contributed by atoms with Gasteiger partial charge in [0.2, 0.25) is 0 Å². The molecule has 96 valence electrons. The van der Waals surface area contributed by atoms with Crippen LogP contribution in [0.2, 0.25) is 0 Å². The molecule has 0 fully saturated rings. The van der Waals surface area contributed by atoms with Crippen LogP contribution in [-0.4, -0.2) is 16.9 Å². The monoisotopic (exact) mass is 255 g/mol. The van der Waals surface area contributed by atoms with E-state index < -0.39 is 0 Å². The van der Waals surface area contributed by atoms with E-state index in [0.29, 0.717) is 24.2 Å². The lowest BCUT2D eigenvalue weighted by molar-refractivity contribution is 0.310. The van der Waals surface area contributed by atoms with E-state index in [1.54, 1.807) is 18.3 Å². The second-order valence-electron chi connectivity index (χ2n) is 4.41. The minimum absolute atomic E-state index is 0.341. The summed E-state index contributed by atoms with van der Waals surface area (Å²) in [6, 6.07) is 12.2. The van der Waals surface area contributed by atoms with Crippen molar-refractivity contribution in [2.45, 2.75) is 13.1 Å². The maximum absolute atomic E-state index is 13.7. The van der Waals surface area contributed by atoms with Crippen molar-refractivity contribution in [1.82, 2.24) is 9.88 Å². The Balaban J connectivity index is 2.03. The van der Waals surface area contributed by atoms with Gasteiger partial charge in [0.25, 0.3) is 0 Å². The molecule has 1 aromatic carbocycles. The third-order valence-corrected chi connectivity index (χ3v) is 2.78. The molecule has 1 aromatic heterocycles. The lowest BCUT2D eigenvalue weighted by Gasteiger charge is -2.16. The maximum atomic E-state index is 13.7. The Morgan fingerprint density at radius 2 is 2.11 bits per heavy atom. The number of halogens is 1. The molecule has 0 aliphatic heterocycles. The molecule has 0 amide bonds. The average Bonchev–Trinajstić information content (AvgIpc) is 2.42. The third kappa shape index (κ3) is 3.60. The highest BCUT2D eigenvalue weighted by molar-refractivity contribution is 5.32. The van der Waals surface area contributed by atoms with E-state index in [4.69, 9.17) is 5.26 Å². The number of benzene rings is 1. The second-order valence-corrected chi connectivity index (χ2v) is 4.41. The van der Waals surface area contributed by atoms with Crippen molar-refractivity contribution in [3.8, 4) is 6.07 Å². The zero-order chi connectivity index (χ0) is 13.7. The lowest BCUT2D eigenvalue weighted by atomic mass is 10.1. The molecule has 2 rings (SSSR count). The fourth-order valence-electron chi connectivity index (χ4n) is 1.86. The highest BCUT2D eigenvalue weighted by atomic mass is 19.1. The molecule has 0 unspecified atom stereocenters. The number of nitrogens with zero attached hydrogens (tertiary/aromatic N) is 3. The Kier molecular flexibility index (Phi) is 4.22. The number of hydrogen-bond donors (Lipinski definition) is 0. The Morgan fingerprint density at radius 1 is 1.26 bits per heavy atom. The van der Waals surface area contributed by atoms with E-state index in [9.17, 15) is 4.39 Å². The molecule has 3 nitrogen and oxygen atoms in total. The summed E-state index contributed by atoms with van der Waals surface area (Å²) in [4.78, 5) is 6.21. The van der Waals surface area contributed by atoms with Gasteiger partial charge in [-0.15, -0.1) is 0 Å². The Bertz CT molecular complexity index is 590. The molecular weight excluding hydrogens is 241 g/mol. The molecule has 0 N–H and O–H groups in total. The zero-order valence-electron chi connectivity index (χ0n) is 10.7. The van der Waals surface area contributed by atoms with Gasteiger partial charge in [-0.05, 0) is 31.3 Å². The van der Waals surface area contributed by atoms with Crippen LogP contribution in [0.15, 0.2) is 42.6 Å². The molecular formula is C15H14FN3. The van der Waals surface area contributed by atoms with Crippen molar-refractivity contribution in [3.63, 3.8) is 0 Å². The largest absolute Gasteiger partial charge is 0.296 e. The van der Waals surface area contributed by atoms with Crippen LogP contribution in [0.5, 0.6) is 0 Å².